The van der Waals surface area contributed by atoms with Crippen LogP contribution in [0.25, 0.3) is 0 Å². The summed E-state index contributed by atoms with van der Waals surface area (Å²) in [6.45, 7) is 1.01. The molecule has 1 heterocycles. The maximum absolute atomic E-state index is 11.8. The summed E-state index contributed by atoms with van der Waals surface area (Å²) >= 11 is 0. The third-order valence-corrected chi connectivity index (χ3v) is 3.10. The molecule has 1 fully saturated rings. The molecule has 5 heteroatoms. The van der Waals surface area contributed by atoms with Crippen molar-refractivity contribution in [3.05, 3.63) is 29.8 Å². The van der Waals surface area contributed by atoms with E-state index in [1.54, 1.807) is 18.1 Å². The molecule has 0 unspecified atom stereocenters. The molecule has 5 nitrogen and oxygen atoms in total. The number of hydrazine groups is 1. The number of rotatable bonds is 4. The Morgan fingerprint density at radius 3 is 2.83 bits per heavy atom. The van der Waals surface area contributed by atoms with Crippen molar-refractivity contribution >= 4 is 17.4 Å². The first-order chi connectivity index (χ1) is 8.63. The number of ketones is 1. The first-order valence-electron chi connectivity index (χ1n) is 6.01. The molecule has 96 valence electrons. The normalized spacial score (nSPS) is 15.3. The van der Waals surface area contributed by atoms with Gasteiger partial charge in [0.05, 0.1) is 5.69 Å². The van der Waals surface area contributed by atoms with Crippen LogP contribution in [0.1, 0.15) is 23.2 Å². The van der Waals surface area contributed by atoms with Crippen LogP contribution in [0, 0.1) is 0 Å². The summed E-state index contributed by atoms with van der Waals surface area (Å²) in [5.74, 6) is 0.126. The molecular formula is C13H17N3O2. The molecule has 0 saturated carbocycles. The minimum absolute atomic E-state index is 0.0347. The number of hydrogen-bond acceptors (Lipinski definition) is 4. The van der Waals surface area contributed by atoms with Crippen molar-refractivity contribution in [3.63, 3.8) is 0 Å². The number of carbonyl (C=O) groups is 2. The molecule has 18 heavy (non-hydrogen) atoms. The minimum Gasteiger partial charge on any atom is -0.330 e. The Kier molecular flexibility index (Phi) is 3.62. The zero-order chi connectivity index (χ0) is 13.1. The largest absolute Gasteiger partial charge is 0.330 e. The van der Waals surface area contributed by atoms with Crippen molar-refractivity contribution in [1.82, 2.24) is 5.01 Å². The maximum atomic E-state index is 11.8. The molecule has 2 N–H and O–H groups in total. The van der Waals surface area contributed by atoms with Crippen LogP contribution < -0.4 is 10.7 Å². The number of hydrogen-bond donors (Lipinski definition) is 1. The van der Waals surface area contributed by atoms with Gasteiger partial charge < -0.3 is 5.73 Å². The van der Waals surface area contributed by atoms with Crippen LogP contribution in [0.4, 0.5) is 5.69 Å². The predicted molar refractivity (Wildman–Crippen MR) is 69.2 cm³/mol. The van der Waals surface area contributed by atoms with Crippen molar-refractivity contribution < 1.29 is 9.59 Å². The third-order valence-electron chi connectivity index (χ3n) is 3.10. The van der Waals surface area contributed by atoms with E-state index >= 15 is 0 Å². The van der Waals surface area contributed by atoms with Crippen molar-refractivity contribution in [2.45, 2.75) is 12.8 Å². The van der Waals surface area contributed by atoms with E-state index in [0.29, 0.717) is 31.5 Å². The van der Waals surface area contributed by atoms with E-state index in [1.807, 2.05) is 23.2 Å². The average Bonchev–Trinajstić information content (AvgIpc) is 2.71. The van der Waals surface area contributed by atoms with E-state index in [4.69, 9.17) is 5.73 Å². The van der Waals surface area contributed by atoms with Crippen LogP contribution in [-0.2, 0) is 4.79 Å². The molecule has 1 aromatic carbocycles. The van der Waals surface area contributed by atoms with Crippen LogP contribution >= 0.6 is 0 Å². The Morgan fingerprint density at radius 1 is 1.44 bits per heavy atom. The Labute approximate surface area is 106 Å². The van der Waals surface area contributed by atoms with Crippen LogP contribution in [-0.4, -0.2) is 36.8 Å². The molecule has 1 aliphatic heterocycles. The van der Waals surface area contributed by atoms with Gasteiger partial charge in [0.2, 0.25) is 5.91 Å². The molecule has 0 spiro atoms. The highest BCUT2D eigenvalue weighted by Gasteiger charge is 2.25. The van der Waals surface area contributed by atoms with Gasteiger partial charge in [0.25, 0.3) is 0 Å². The molecule has 1 aromatic rings. The SMILES string of the molecule is CN1C(=O)CCN1c1cccc(C(=O)CCN)c1. The molecule has 0 bridgehead atoms. The van der Waals surface area contributed by atoms with Crippen LogP contribution in [0.2, 0.25) is 0 Å². The smallest absolute Gasteiger partial charge is 0.242 e. The van der Waals surface area contributed by atoms with Gasteiger partial charge in [0.15, 0.2) is 5.78 Å². The molecule has 0 radical (unpaired) electrons. The van der Waals surface area contributed by atoms with Crippen molar-refractivity contribution in [2.24, 2.45) is 5.73 Å². The molecule has 1 saturated heterocycles. The van der Waals surface area contributed by atoms with Crippen LogP contribution in [0.15, 0.2) is 24.3 Å². The topological polar surface area (TPSA) is 66.6 Å². The standard InChI is InChI=1S/C13H17N3O2/c1-15-13(18)6-8-16(15)11-4-2-3-10(9-11)12(17)5-7-14/h2-4,9H,5-8,14H2,1H3. The second-order valence-electron chi connectivity index (χ2n) is 4.30. The highest BCUT2D eigenvalue weighted by molar-refractivity contribution is 5.97. The van der Waals surface area contributed by atoms with Gasteiger partial charge in [-0.3, -0.25) is 19.6 Å². The summed E-state index contributed by atoms with van der Waals surface area (Å²) < 4.78 is 0. The van der Waals surface area contributed by atoms with Crippen molar-refractivity contribution in [2.75, 3.05) is 25.1 Å². The lowest BCUT2D eigenvalue weighted by atomic mass is 10.1. The summed E-state index contributed by atoms with van der Waals surface area (Å²) in [5, 5.41) is 3.47. The molecule has 0 aliphatic carbocycles. The maximum Gasteiger partial charge on any atom is 0.242 e. The number of amides is 1. The van der Waals surface area contributed by atoms with Crippen LogP contribution in [0.5, 0.6) is 0 Å². The summed E-state index contributed by atoms with van der Waals surface area (Å²) in [6.07, 6.45) is 0.857. The molecule has 1 amide bonds. The van der Waals surface area contributed by atoms with Crippen molar-refractivity contribution in [1.29, 1.82) is 0 Å². The first kappa shape index (κ1) is 12.6. The summed E-state index contributed by atoms with van der Waals surface area (Å²) in [5.41, 5.74) is 6.89. The molecule has 0 atom stereocenters. The molecular weight excluding hydrogens is 230 g/mol. The van der Waals surface area contributed by atoms with E-state index in [1.165, 1.54) is 0 Å². The highest BCUT2D eigenvalue weighted by atomic mass is 16.2. The van der Waals surface area contributed by atoms with E-state index in [9.17, 15) is 9.59 Å². The fourth-order valence-electron chi connectivity index (χ4n) is 2.07. The average molecular weight is 247 g/mol. The van der Waals surface area contributed by atoms with Crippen LogP contribution in [0.3, 0.4) is 0 Å². The van der Waals surface area contributed by atoms with E-state index < -0.39 is 0 Å². The quantitative estimate of drug-likeness (QED) is 0.799. The van der Waals surface area contributed by atoms with Gasteiger partial charge in [-0.2, -0.15) is 0 Å². The number of nitrogens with two attached hydrogens (primary N) is 1. The van der Waals surface area contributed by atoms with Gasteiger partial charge >= 0.3 is 0 Å². The fraction of sp³-hybridized carbons (Fsp3) is 0.385. The van der Waals surface area contributed by atoms with Gasteiger partial charge in [0.1, 0.15) is 0 Å². The van der Waals surface area contributed by atoms with Gasteiger partial charge in [0, 0.05) is 32.0 Å². The zero-order valence-electron chi connectivity index (χ0n) is 10.4. The fourth-order valence-corrected chi connectivity index (χ4v) is 2.07. The molecule has 0 aromatic heterocycles. The van der Waals surface area contributed by atoms with Gasteiger partial charge in [-0.1, -0.05) is 12.1 Å². The summed E-state index contributed by atoms with van der Waals surface area (Å²) in [7, 11) is 1.74. The number of anilines is 1. The van der Waals surface area contributed by atoms with Gasteiger partial charge in [-0.05, 0) is 18.7 Å². The summed E-state index contributed by atoms with van der Waals surface area (Å²) in [4.78, 5) is 23.3. The van der Waals surface area contributed by atoms with Gasteiger partial charge in [-0.15, -0.1) is 0 Å². The zero-order valence-corrected chi connectivity index (χ0v) is 10.4. The third kappa shape index (κ3) is 2.36. The lowest BCUT2D eigenvalue weighted by Crippen LogP contribution is -2.35. The molecule has 2 rings (SSSR count). The Bertz CT molecular complexity index is 473. The Balaban J connectivity index is 2.22. The molecule has 1 aliphatic rings. The second-order valence-corrected chi connectivity index (χ2v) is 4.30. The van der Waals surface area contributed by atoms with Crippen molar-refractivity contribution in [3.8, 4) is 0 Å². The monoisotopic (exact) mass is 247 g/mol. The lowest BCUT2D eigenvalue weighted by Gasteiger charge is -2.26. The highest BCUT2D eigenvalue weighted by Crippen LogP contribution is 2.22. The number of carbonyl (C=O) groups excluding carboxylic acids is 2. The first-order valence-corrected chi connectivity index (χ1v) is 6.01. The van der Waals surface area contributed by atoms with E-state index in [2.05, 4.69) is 0 Å². The predicted octanol–water partition coefficient (Wildman–Crippen LogP) is 0.802. The Hall–Kier alpha value is -1.88. The van der Waals surface area contributed by atoms with E-state index in [-0.39, 0.29) is 11.7 Å². The number of Topliss-reactive ketones (excluding diaryl/α,β-unsaturated/α-hetero) is 1. The lowest BCUT2D eigenvalue weighted by molar-refractivity contribution is -0.126. The van der Waals surface area contributed by atoms with E-state index in [0.717, 1.165) is 5.69 Å². The second kappa shape index (κ2) is 5.18. The number of nitrogens with zero attached hydrogens (tertiary/aromatic N) is 2. The minimum atomic E-state index is 0.0347. The number of benzene rings is 1. The summed E-state index contributed by atoms with van der Waals surface area (Å²) in [6, 6.07) is 7.32. The Morgan fingerprint density at radius 2 is 2.22 bits per heavy atom. The van der Waals surface area contributed by atoms with Gasteiger partial charge in [-0.25, -0.2) is 0 Å².